The van der Waals surface area contributed by atoms with Crippen molar-refractivity contribution in [3.8, 4) is 0 Å². The van der Waals surface area contributed by atoms with Crippen molar-refractivity contribution in [3.05, 3.63) is 29.8 Å². The van der Waals surface area contributed by atoms with Crippen molar-refractivity contribution in [3.63, 3.8) is 0 Å². The molecular formula is C20H33N5O2. The molecule has 1 saturated heterocycles. The minimum atomic E-state index is -0.485. The number of nitrogens with one attached hydrogen (secondary N) is 2. The Morgan fingerprint density at radius 1 is 1.37 bits per heavy atom. The predicted octanol–water partition coefficient (Wildman–Crippen LogP) is 2.43. The van der Waals surface area contributed by atoms with Gasteiger partial charge in [-0.05, 0) is 44.9 Å². The fraction of sp³-hybridized carbons (Fsp3) is 0.600. The molecule has 0 spiro atoms. The van der Waals surface area contributed by atoms with E-state index in [9.17, 15) is 4.79 Å². The van der Waals surface area contributed by atoms with Gasteiger partial charge in [0.1, 0.15) is 5.60 Å². The van der Waals surface area contributed by atoms with E-state index < -0.39 is 5.60 Å². The van der Waals surface area contributed by atoms with Gasteiger partial charge in [-0.3, -0.25) is 4.99 Å². The van der Waals surface area contributed by atoms with Crippen molar-refractivity contribution < 1.29 is 9.53 Å². The summed E-state index contributed by atoms with van der Waals surface area (Å²) in [6.07, 6.45) is 0.508. The highest BCUT2D eigenvalue weighted by atomic mass is 16.6. The van der Waals surface area contributed by atoms with Gasteiger partial charge in [-0.15, -0.1) is 0 Å². The third kappa shape index (κ3) is 6.66. The van der Waals surface area contributed by atoms with E-state index in [1.807, 2.05) is 34.9 Å². The number of likely N-dealkylation sites (tertiary alicyclic amines) is 1. The van der Waals surface area contributed by atoms with Crippen molar-refractivity contribution >= 4 is 17.7 Å². The van der Waals surface area contributed by atoms with Crippen LogP contribution in [0.3, 0.4) is 0 Å². The summed E-state index contributed by atoms with van der Waals surface area (Å²) >= 11 is 0. The third-order valence-corrected chi connectivity index (χ3v) is 4.30. The van der Waals surface area contributed by atoms with Crippen LogP contribution in [-0.4, -0.2) is 62.8 Å². The van der Waals surface area contributed by atoms with Gasteiger partial charge in [0.05, 0.1) is 6.04 Å². The van der Waals surface area contributed by atoms with Gasteiger partial charge in [0.25, 0.3) is 0 Å². The first-order valence-electron chi connectivity index (χ1n) is 9.39. The first-order valence-corrected chi connectivity index (χ1v) is 9.39. The molecule has 1 amide bonds. The summed E-state index contributed by atoms with van der Waals surface area (Å²) in [6.45, 7) is 7.86. The number of nitrogens with zero attached hydrogens (tertiary/aromatic N) is 3. The lowest BCUT2D eigenvalue weighted by Gasteiger charge is -2.23. The van der Waals surface area contributed by atoms with E-state index >= 15 is 0 Å². The molecule has 1 unspecified atom stereocenters. The number of rotatable bonds is 4. The van der Waals surface area contributed by atoms with E-state index in [1.165, 1.54) is 11.3 Å². The van der Waals surface area contributed by atoms with E-state index in [1.54, 1.807) is 7.05 Å². The summed E-state index contributed by atoms with van der Waals surface area (Å²) in [5.74, 6) is 0.846. The number of benzene rings is 1. The van der Waals surface area contributed by atoms with Crippen molar-refractivity contribution in [2.24, 2.45) is 4.99 Å². The Balaban J connectivity index is 1.86. The molecule has 1 aliphatic heterocycles. The van der Waals surface area contributed by atoms with Crippen LogP contribution in [0.4, 0.5) is 10.5 Å². The average Bonchev–Trinajstić information content (AvgIpc) is 3.02. The van der Waals surface area contributed by atoms with Crippen LogP contribution in [0.5, 0.6) is 0 Å². The zero-order valence-corrected chi connectivity index (χ0v) is 17.4. The maximum absolute atomic E-state index is 12.0. The Morgan fingerprint density at radius 3 is 2.74 bits per heavy atom. The number of hydrogen-bond acceptors (Lipinski definition) is 4. The molecule has 0 aromatic heterocycles. The molecule has 0 saturated carbocycles. The molecule has 0 bridgehead atoms. The minimum Gasteiger partial charge on any atom is -0.444 e. The number of hydrogen-bond donors (Lipinski definition) is 2. The van der Waals surface area contributed by atoms with Crippen LogP contribution < -0.4 is 15.5 Å². The number of carbonyl (C=O) groups is 1. The van der Waals surface area contributed by atoms with Crippen molar-refractivity contribution in [2.45, 2.75) is 45.4 Å². The molecule has 2 rings (SSSR count). The number of anilines is 1. The number of guanidine groups is 1. The molecule has 0 radical (unpaired) electrons. The van der Waals surface area contributed by atoms with Gasteiger partial charge in [0.2, 0.25) is 0 Å². The second-order valence-corrected chi connectivity index (χ2v) is 8.04. The summed E-state index contributed by atoms with van der Waals surface area (Å²) in [5.41, 5.74) is 1.89. The van der Waals surface area contributed by atoms with Crippen molar-refractivity contribution in [1.82, 2.24) is 15.5 Å². The SMILES string of the molecule is CN=C(NCc1cccc(N(C)C)c1)N1CCC(NC(=O)OC(C)(C)C)C1. The monoisotopic (exact) mass is 375 g/mol. The molecule has 1 fully saturated rings. The normalized spacial score (nSPS) is 17.6. The largest absolute Gasteiger partial charge is 0.444 e. The number of ether oxygens (including phenoxy) is 1. The van der Waals surface area contributed by atoms with E-state index in [2.05, 4.69) is 49.7 Å². The van der Waals surface area contributed by atoms with Crippen molar-refractivity contribution in [2.75, 3.05) is 39.1 Å². The second-order valence-electron chi connectivity index (χ2n) is 8.04. The average molecular weight is 376 g/mol. The highest BCUT2D eigenvalue weighted by Crippen LogP contribution is 2.14. The van der Waals surface area contributed by atoms with Gasteiger partial charge in [-0.2, -0.15) is 0 Å². The topological polar surface area (TPSA) is 69.2 Å². The molecular weight excluding hydrogens is 342 g/mol. The number of amides is 1. The summed E-state index contributed by atoms with van der Waals surface area (Å²) in [5, 5.41) is 6.37. The lowest BCUT2D eigenvalue weighted by Crippen LogP contribution is -2.44. The van der Waals surface area contributed by atoms with Gasteiger partial charge in [0.15, 0.2) is 5.96 Å². The minimum absolute atomic E-state index is 0.0652. The smallest absolute Gasteiger partial charge is 0.407 e. The van der Waals surface area contributed by atoms with E-state index in [0.717, 1.165) is 25.5 Å². The summed E-state index contributed by atoms with van der Waals surface area (Å²) in [7, 11) is 5.86. The zero-order valence-electron chi connectivity index (χ0n) is 17.4. The molecule has 7 heteroatoms. The predicted molar refractivity (Wildman–Crippen MR) is 110 cm³/mol. The maximum atomic E-state index is 12.0. The Kier molecular flexibility index (Phi) is 6.93. The zero-order chi connectivity index (χ0) is 20.0. The van der Waals surface area contributed by atoms with Gasteiger partial charge >= 0.3 is 6.09 Å². The third-order valence-electron chi connectivity index (χ3n) is 4.30. The van der Waals surface area contributed by atoms with Crippen LogP contribution in [0.25, 0.3) is 0 Å². The molecule has 1 aromatic carbocycles. The quantitative estimate of drug-likeness (QED) is 0.625. The highest BCUT2D eigenvalue weighted by molar-refractivity contribution is 5.80. The first kappa shape index (κ1) is 20.9. The molecule has 2 N–H and O–H groups in total. The highest BCUT2D eigenvalue weighted by Gasteiger charge is 2.27. The molecule has 1 aliphatic rings. The molecule has 1 aromatic rings. The fourth-order valence-corrected chi connectivity index (χ4v) is 3.00. The van der Waals surface area contributed by atoms with Gasteiger partial charge in [-0.25, -0.2) is 4.79 Å². The van der Waals surface area contributed by atoms with Crippen LogP contribution in [0.1, 0.15) is 32.8 Å². The summed E-state index contributed by atoms with van der Waals surface area (Å²) < 4.78 is 5.34. The van der Waals surface area contributed by atoms with Crippen LogP contribution in [-0.2, 0) is 11.3 Å². The fourth-order valence-electron chi connectivity index (χ4n) is 3.00. The van der Waals surface area contributed by atoms with Gasteiger partial charge in [0, 0.05) is 46.5 Å². The number of aliphatic imine (C=N–C) groups is 1. The Bertz CT molecular complexity index is 667. The van der Waals surface area contributed by atoms with E-state index in [4.69, 9.17) is 4.74 Å². The second kappa shape index (κ2) is 8.97. The Hall–Kier alpha value is -2.44. The van der Waals surface area contributed by atoms with Crippen LogP contribution in [0.2, 0.25) is 0 Å². The van der Waals surface area contributed by atoms with Crippen LogP contribution in [0.15, 0.2) is 29.3 Å². The van der Waals surface area contributed by atoms with E-state index in [-0.39, 0.29) is 12.1 Å². The van der Waals surface area contributed by atoms with Gasteiger partial charge < -0.3 is 25.2 Å². The van der Waals surface area contributed by atoms with Crippen LogP contribution in [0, 0.1) is 0 Å². The molecule has 27 heavy (non-hydrogen) atoms. The maximum Gasteiger partial charge on any atom is 0.407 e. The molecule has 1 atom stereocenters. The summed E-state index contributed by atoms with van der Waals surface area (Å²) in [4.78, 5) is 20.6. The molecule has 1 heterocycles. The number of carbonyl (C=O) groups excluding carboxylic acids is 1. The molecule has 0 aliphatic carbocycles. The number of alkyl carbamates (subject to hydrolysis) is 1. The van der Waals surface area contributed by atoms with Gasteiger partial charge in [-0.1, -0.05) is 12.1 Å². The summed E-state index contributed by atoms with van der Waals surface area (Å²) in [6, 6.07) is 8.48. The van der Waals surface area contributed by atoms with Crippen molar-refractivity contribution in [1.29, 1.82) is 0 Å². The molecule has 150 valence electrons. The lowest BCUT2D eigenvalue weighted by molar-refractivity contribution is 0.0507. The van der Waals surface area contributed by atoms with E-state index in [0.29, 0.717) is 6.54 Å². The standard InChI is InChI=1S/C20H33N5O2/c1-20(2,3)27-19(26)23-16-10-11-25(14-16)18(21-4)22-13-15-8-7-9-17(12-15)24(5)6/h7-9,12,16H,10-11,13-14H2,1-6H3,(H,21,22)(H,23,26). The lowest BCUT2D eigenvalue weighted by atomic mass is 10.2. The Labute approximate surface area is 162 Å². The van der Waals surface area contributed by atoms with Crippen LogP contribution >= 0.6 is 0 Å². The molecule has 7 nitrogen and oxygen atoms in total. The first-order chi connectivity index (χ1) is 12.7. The Morgan fingerprint density at radius 2 is 2.11 bits per heavy atom.